The average Bonchev–Trinajstić information content (AvgIpc) is 2.53. The zero-order valence-corrected chi connectivity index (χ0v) is 11.1. The highest BCUT2D eigenvalue weighted by atomic mass is 16.4. The van der Waals surface area contributed by atoms with Crippen molar-refractivity contribution >= 4 is 18.1 Å². The van der Waals surface area contributed by atoms with Crippen LogP contribution < -0.4 is 5.43 Å². The maximum absolute atomic E-state index is 11.6. The van der Waals surface area contributed by atoms with Crippen molar-refractivity contribution in [3.8, 4) is 0 Å². The van der Waals surface area contributed by atoms with Crippen molar-refractivity contribution in [3.05, 3.63) is 30.1 Å². The fraction of sp³-hybridized carbons (Fsp3) is 0.333. The molecule has 6 N–H and O–H groups in total. The molecule has 1 rings (SSSR count). The topological polar surface area (TPSA) is 173 Å². The molecule has 0 bridgehead atoms. The van der Waals surface area contributed by atoms with Gasteiger partial charge in [-0.15, -0.1) is 0 Å². The standard InChI is InChI=1S/C12H15N3O7/c16-7(8(17)9(18)10(19)12(21)22)5-14-15-11(20)6-1-3-13-4-2-6/h1-5,7-10,16-19H,(H,15,20)(H,21,22)/b14-5+/t7-,8+,9+,10-/m0/s1. The molecule has 1 aromatic heterocycles. The van der Waals surface area contributed by atoms with Crippen molar-refractivity contribution in [2.75, 3.05) is 0 Å². The van der Waals surface area contributed by atoms with Crippen molar-refractivity contribution in [1.82, 2.24) is 10.4 Å². The molecule has 4 atom stereocenters. The molecule has 0 unspecified atom stereocenters. The number of aliphatic hydroxyl groups excluding tert-OH is 4. The number of aliphatic carboxylic acids is 1. The largest absolute Gasteiger partial charge is 0.479 e. The SMILES string of the molecule is O=C(N/N=C/[C@H](O)[C@@H](O)[C@@H](O)[C@H](O)C(=O)O)c1ccncc1. The van der Waals surface area contributed by atoms with Gasteiger partial charge in [-0.3, -0.25) is 9.78 Å². The van der Waals surface area contributed by atoms with E-state index in [1.165, 1.54) is 24.5 Å². The van der Waals surface area contributed by atoms with E-state index in [-0.39, 0.29) is 5.56 Å². The molecule has 1 amide bonds. The molecule has 0 aliphatic heterocycles. The predicted molar refractivity (Wildman–Crippen MR) is 71.9 cm³/mol. The van der Waals surface area contributed by atoms with Crippen LogP contribution in [0.2, 0.25) is 0 Å². The van der Waals surface area contributed by atoms with Crippen molar-refractivity contribution in [3.63, 3.8) is 0 Å². The minimum Gasteiger partial charge on any atom is -0.479 e. The molecule has 0 radical (unpaired) electrons. The smallest absolute Gasteiger partial charge is 0.335 e. The zero-order valence-electron chi connectivity index (χ0n) is 11.1. The van der Waals surface area contributed by atoms with Crippen LogP contribution in [-0.2, 0) is 4.79 Å². The lowest BCUT2D eigenvalue weighted by molar-refractivity contribution is -0.160. The number of pyridine rings is 1. The molecule has 0 aliphatic rings. The van der Waals surface area contributed by atoms with Crippen LogP contribution in [0.3, 0.4) is 0 Å². The molecule has 1 aromatic rings. The fourth-order valence-corrected chi connectivity index (χ4v) is 1.36. The normalized spacial score (nSPS) is 16.7. The number of hydrazone groups is 1. The van der Waals surface area contributed by atoms with Gasteiger partial charge in [-0.2, -0.15) is 5.10 Å². The minimum absolute atomic E-state index is 0.253. The van der Waals surface area contributed by atoms with E-state index in [9.17, 15) is 24.9 Å². The third-order valence-electron chi connectivity index (χ3n) is 2.61. The van der Waals surface area contributed by atoms with E-state index in [1.54, 1.807) is 0 Å². The van der Waals surface area contributed by atoms with Crippen molar-refractivity contribution in [1.29, 1.82) is 0 Å². The van der Waals surface area contributed by atoms with Gasteiger partial charge in [-0.05, 0) is 12.1 Å². The van der Waals surface area contributed by atoms with E-state index in [0.29, 0.717) is 6.21 Å². The van der Waals surface area contributed by atoms with Crippen LogP contribution in [0.25, 0.3) is 0 Å². The molecule has 22 heavy (non-hydrogen) atoms. The van der Waals surface area contributed by atoms with E-state index < -0.39 is 36.3 Å². The van der Waals surface area contributed by atoms with Gasteiger partial charge in [0, 0.05) is 18.0 Å². The monoisotopic (exact) mass is 313 g/mol. The summed E-state index contributed by atoms with van der Waals surface area (Å²) in [5, 5.41) is 49.1. The van der Waals surface area contributed by atoms with Gasteiger partial charge < -0.3 is 25.5 Å². The Hall–Kier alpha value is -2.40. The number of rotatable bonds is 7. The Balaban J connectivity index is 2.55. The van der Waals surface area contributed by atoms with Crippen LogP contribution in [0, 0.1) is 0 Å². The van der Waals surface area contributed by atoms with Crippen molar-refractivity contribution in [2.45, 2.75) is 24.4 Å². The highest BCUT2D eigenvalue weighted by Gasteiger charge is 2.33. The van der Waals surface area contributed by atoms with Crippen LogP contribution >= 0.6 is 0 Å². The summed E-state index contributed by atoms with van der Waals surface area (Å²) in [6, 6.07) is 2.84. The van der Waals surface area contributed by atoms with E-state index in [2.05, 4.69) is 10.1 Å². The highest BCUT2D eigenvalue weighted by Crippen LogP contribution is 2.04. The summed E-state index contributed by atoms with van der Waals surface area (Å²) in [5.41, 5.74) is 2.30. The van der Waals surface area contributed by atoms with E-state index >= 15 is 0 Å². The summed E-state index contributed by atoms with van der Waals surface area (Å²) in [4.78, 5) is 25.7. The molecule has 0 aliphatic carbocycles. The Bertz CT molecular complexity index is 537. The summed E-state index contributed by atoms with van der Waals surface area (Å²) in [6.45, 7) is 0. The number of aliphatic hydroxyl groups is 4. The molecule has 0 saturated heterocycles. The minimum atomic E-state index is -2.27. The van der Waals surface area contributed by atoms with Gasteiger partial charge in [0.05, 0.1) is 6.21 Å². The fourth-order valence-electron chi connectivity index (χ4n) is 1.36. The number of hydrogen-bond acceptors (Lipinski definition) is 8. The Morgan fingerprint density at radius 1 is 1.14 bits per heavy atom. The number of carbonyl (C=O) groups excluding carboxylic acids is 1. The summed E-state index contributed by atoms with van der Waals surface area (Å²) in [5.74, 6) is -2.37. The number of nitrogens with zero attached hydrogens (tertiary/aromatic N) is 2. The number of hydrogen-bond donors (Lipinski definition) is 6. The van der Waals surface area contributed by atoms with Crippen LogP contribution in [0.5, 0.6) is 0 Å². The molecule has 120 valence electrons. The van der Waals surface area contributed by atoms with Gasteiger partial charge in [0.1, 0.15) is 18.3 Å². The lowest BCUT2D eigenvalue weighted by Gasteiger charge is -2.22. The van der Waals surface area contributed by atoms with Crippen LogP contribution in [0.4, 0.5) is 0 Å². The van der Waals surface area contributed by atoms with Gasteiger partial charge in [0.25, 0.3) is 5.91 Å². The molecule has 10 heteroatoms. The summed E-state index contributed by atoms with van der Waals surface area (Å²) >= 11 is 0. The summed E-state index contributed by atoms with van der Waals surface area (Å²) in [7, 11) is 0. The van der Waals surface area contributed by atoms with Gasteiger partial charge in [0.15, 0.2) is 6.10 Å². The van der Waals surface area contributed by atoms with Gasteiger partial charge in [-0.25, -0.2) is 10.2 Å². The third kappa shape index (κ3) is 4.86. The first-order valence-corrected chi connectivity index (χ1v) is 6.03. The number of nitrogens with one attached hydrogen (secondary N) is 1. The molecule has 10 nitrogen and oxygen atoms in total. The number of aromatic nitrogens is 1. The third-order valence-corrected chi connectivity index (χ3v) is 2.61. The maximum Gasteiger partial charge on any atom is 0.335 e. The summed E-state index contributed by atoms with van der Waals surface area (Å²) in [6.07, 6.45) is -4.75. The first-order chi connectivity index (χ1) is 10.3. The second-order valence-corrected chi connectivity index (χ2v) is 4.21. The first kappa shape index (κ1) is 17.7. The number of carboxylic acid groups (broad SMARTS) is 1. The Morgan fingerprint density at radius 2 is 1.73 bits per heavy atom. The molecular weight excluding hydrogens is 298 g/mol. The van der Waals surface area contributed by atoms with Crippen molar-refractivity contribution in [2.24, 2.45) is 5.10 Å². The van der Waals surface area contributed by atoms with E-state index in [4.69, 9.17) is 10.2 Å². The van der Waals surface area contributed by atoms with Crippen molar-refractivity contribution < 1.29 is 35.1 Å². The molecule has 0 fully saturated rings. The van der Waals surface area contributed by atoms with Gasteiger partial charge in [0.2, 0.25) is 0 Å². The predicted octanol–water partition coefficient (Wildman–Crippen LogP) is -2.67. The number of carboxylic acids is 1. The lowest BCUT2D eigenvalue weighted by Crippen LogP contribution is -2.48. The Labute approximate surface area is 124 Å². The van der Waals surface area contributed by atoms with E-state index in [1.807, 2.05) is 5.43 Å². The van der Waals surface area contributed by atoms with Gasteiger partial charge in [-0.1, -0.05) is 0 Å². The molecule has 0 aromatic carbocycles. The van der Waals surface area contributed by atoms with Gasteiger partial charge >= 0.3 is 5.97 Å². The molecule has 1 heterocycles. The summed E-state index contributed by atoms with van der Waals surface area (Å²) < 4.78 is 0. The van der Waals surface area contributed by atoms with Crippen LogP contribution in [0.15, 0.2) is 29.6 Å². The number of carbonyl (C=O) groups is 2. The molecule has 0 saturated carbocycles. The number of amides is 1. The first-order valence-electron chi connectivity index (χ1n) is 6.03. The average molecular weight is 313 g/mol. The molecular formula is C12H15N3O7. The van der Waals surface area contributed by atoms with E-state index in [0.717, 1.165) is 0 Å². The van der Waals surface area contributed by atoms with Crippen LogP contribution in [0.1, 0.15) is 10.4 Å². The second kappa shape index (κ2) is 8.14. The second-order valence-electron chi connectivity index (χ2n) is 4.21. The Kier molecular flexibility index (Phi) is 6.53. The maximum atomic E-state index is 11.6. The van der Waals surface area contributed by atoms with Crippen LogP contribution in [-0.4, -0.2) is 73.0 Å². The Morgan fingerprint density at radius 3 is 2.27 bits per heavy atom. The highest BCUT2D eigenvalue weighted by molar-refractivity contribution is 5.94. The molecule has 0 spiro atoms. The lowest BCUT2D eigenvalue weighted by atomic mass is 10.0. The zero-order chi connectivity index (χ0) is 16.7. The quantitative estimate of drug-likeness (QED) is 0.233.